The largest absolute Gasteiger partial charge is 0.352 e. The summed E-state index contributed by atoms with van der Waals surface area (Å²) in [5.41, 5.74) is 1.16. The van der Waals surface area contributed by atoms with Gasteiger partial charge < -0.3 is 10.2 Å². The van der Waals surface area contributed by atoms with Gasteiger partial charge in [-0.25, -0.2) is 12.8 Å². The molecule has 2 aromatic rings. The summed E-state index contributed by atoms with van der Waals surface area (Å²) in [6, 6.07) is 13.5. The summed E-state index contributed by atoms with van der Waals surface area (Å²) in [5.74, 6) is -1.34. The Morgan fingerprint density at radius 1 is 1.03 bits per heavy atom. The Labute approximate surface area is 195 Å². The molecule has 7 nitrogen and oxygen atoms in total. The van der Waals surface area contributed by atoms with Crippen molar-refractivity contribution < 1.29 is 22.4 Å². The van der Waals surface area contributed by atoms with E-state index in [4.69, 9.17) is 0 Å². The molecule has 0 aliphatic carbocycles. The SMILES string of the molecule is CCC(C)NC(=O)C(C)N(CCc1ccccc1)C(=O)CN(c1ccc(F)cc1)S(C)(=O)=O. The molecule has 33 heavy (non-hydrogen) atoms. The summed E-state index contributed by atoms with van der Waals surface area (Å²) in [5, 5.41) is 2.88. The van der Waals surface area contributed by atoms with Gasteiger partial charge in [-0.05, 0) is 56.5 Å². The topological polar surface area (TPSA) is 86.8 Å². The molecule has 2 unspecified atom stereocenters. The van der Waals surface area contributed by atoms with Gasteiger partial charge in [0.2, 0.25) is 21.8 Å². The van der Waals surface area contributed by atoms with E-state index in [2.05, 4.69) is 5.32 Å². The molecule has 0 saturated heterocycles. The monoisotopic (exact) mass is 477 g/mol. The van der Waals surface area contributed by atoms with Crippen molar-refractivity contribution in [1.29, 1.82) is 0 Å². The van der Waals surface area contributed by atoms with E-state index in [0.717, 1.165) is 34.7 Å². The number of amides is 2. The van der Waals surface area contributed by atoms with E-state index in [0.29, 0.717) is 6.42 Å². The number of rotatable bonds is 11. The predicted octanol–water partition coefficient (Wildman–Crippen LogP) is 2.97. The minimum Gasteiger partial charge on any atom is -0.352 e. The molecule has 2 amide bonds. The first kappa shape index (κ1) is 26.3. The lowest BCUT2D eigenvalue weighted by Gasteiger charge is -2.32. The first-order chi connectivity index (χ1) is 15.5. The van der Waals surface area contributed by atoms with Crippen LogP contribution in [0.4, 0.5) is 10.1 Å². The third kappa shape index (κ3) is 7.85. The fourth-order valence-corrected chi connectivity index (χ4v) is 4.11. The van der Waals surface area contributed by atoms with Crippen LogP contribution >= 0.6 is 0 Å². The van der Waals surface area contributed by atoms with Crippen molar-refractivity contribution in [3.63, 3.8) is 0 Å². The minimum atomic E-state index is -3.83. The number of halogens is 1. The first-order valence-electron chi connectivity index (χ1n) is 10.9. The average Bonchev–Trinajstić information content (AvgIpc) is 2.78. The van der Waals surface area contributed by atoms with E-state index in [9.17, 15) is 22.4 Å². The Kier molecular flexibility index (Phi) is 9.40. The summed E-state index contributed by atoms with van der Waals surface area (Å²) in [6.07, 6.45) is 2.23. The zero-order chi connectivity index (χ0) is 24.6. The summed E-state index contributed by atoms with van der Waals surface area (Å²) in [7, 11) is -3.83. The lowest BCUT2D eigenvalue weighted by molar-refractivity contribution is -0.139. The molecule has 180 valence electrons. The van der Waals surface area contributed by atoms with E-state index >= 15 is 0 Å². The Morgan fingerprint density at radius 3 is 2.18 bits per heavy atom. The number of hydrogen-bond donors (Lipinski definition) is 1. The number of hydrogen-bond acceptors (Lipinski definition) is 4. The van der Waals surface area contributed by atoms with Crippen LogP contribution in [0.1, 0.15) is 32.8 Å². The molecular formula is C24H32FN3O4S. The van der Waals surface area contributed by atoms with Crippen molar-refractivity contribution in [3.8, 4) is 0 Å². The van der Waals surface area contributed by atoms with Crippen LogP contribution in [0, 0.1) is 5.82 Å². The highest BCUT2D eigenvalue weighted by molar-refractivity contribution is 7.92. The number of anilines is 1. The summed E-state index contributed by atoms with van der Waals surface area (Å²) in [6.45, 7) is 5.18. The Balaban J connectivity index is 2.29. The molecule has 0 radical (unpaired) electrons. The molecule has 2 atom stereocenters. The molecule has 0 heterocycles. The quantitative estimate of drug-likeness (QED) is 0.539. The van der Waals surface area contributed by atoms with Crippen LogP contribution in [0.25, 0.3) is 0 Å². The van der Waals surface area contributed by atoms with E-state index in [1.165, 1.54) is 17.0 Å². The fraction of sp³-hybridized carbons (Fsp3) is 0.417. The maximum absolute atomic E-state index is 13.3. The molecule has 9 heteroatoms. The molecule has 0 aliphatic heterocycles. The first-order valence-corrected chi connectivity index (χ1v) is 12.7. The van der Waals surface area contributed by atoms with Crippen molar-refractivity contribution in [2.45, 2.75) is 45.7 Å². The Bertz CT molecular complexity index is 1030. The Hall–Kier alpha value is -2.94. The van der Waals surface area contributed by atoms with Gasteiger partial charge in [0, 0.05) is 12.6 Å². The lowest BCUT2D eigenvalue weighted by atomic mass is 10.1. The number of nitrogens with zero attached hydrogens (tertiary/aromatic N) is 2. The van der Waals surface area contributed by atoms with Crippen molar-refractivity contribution in [1.82, 2.24) is 10.2 Å². The Morgan fingerprint density at radius 2 is 1.64 bits per heavy atom. The molecule has 2 aromatic carbocycles. The van der Waals surface area contributed by atoms with Gasteiger partial charge in [0.25, 0.3) is 0 Å². The van der Waals surface area contributed by atoms with E-state index in [1.807, 2.05) is 44.2 Å². The number of sulfonamides is 1. The van der Waals surface area contributed by atoms with Crippen LogP contribution in [0.5, 0.6) is 0 Å². The van der Waals surface area contributed by atoms with Gasteiger partial charge >= 0.3 is 0 Å². The number of carbonyl (C=O) groups excluding carboxylic acids is 2. The molecule has 0 saturated carbocycles. The molecule has 0 fully saturated rings. The van der Waals surface area contributed by atoms with Gasteiger partial charge in [-0.1, -0.05) is 37.3 Å². The average molecular weight is 478 g/mol. The molecular weight excluding hydrogens is 445 g/mol. The number of benzene rings is 2. The van der Waals surface area contributed by atoms with E-state index in [-0.39, 0.29) is 24.2 Å². The van der Waals surface area contributed by atoms with Gasteiger partial charge in [0.1, 0.15) is 18.4 Å². The van der Waals surface area contributed by atoms with E-state index < -0.39 is 34.3 Å². The van der Waals surface area contributed by atoms with Crippen LogP contribution in [-0.2, 0) is 26.0 Å². The van der Waals surface area contributed by atoms with Crippen LogP contribution in [0.2, 0.25) is 0 Å². The van der Waals surface area contributed by atoms with Gasteiger partial charge in [-0.15, -0.1) is 0 Å². The standard InChI is InChI=1S/C24H32FN3O4S/c1-5-18(2)26-24(30)19(3)27(16-15-20-9-7-6-8-10-20)23(29)17-28(33(4,31)32)22-13-11-21(25)12-14-22/h6-14,18-19H,5,15-17H2,1-4H3,(H,26,30). The second-order valence-corrected chi connectivity index (χ2v) is 9.97. The highest BCUT2D eigenvalue weighted by Gasteiger charge is 2.30. The van der Waals surface area contributed by atoms with Crippen LogP contribution in [0.15, 0.2) is 54.6 Å². The maximum Gasteiger partial charge on any atom is 0.244 e. The van der Waals surface area contributed by atoms with Crippen LogP contribution in [-0.4, -0.2) is 56.6 Å². The predicted molar refractivity (Wildman–Crippen MR) is 128 cm³/mol. The van der Waals surface area contributed by atoms with Crippen molar-refractivity contribution in [3.05, 3.63) is 66.0 Å². The molecule has 1 N–H and O–H groups in total. The molecule has 2 rings (SSSR count). The zero-order valence-electron chi connectivity index (χ0n) is 19.5. The molecule has 0 spiro atoms. The normalized spacial score (nSPS) is 13.1. The van der Waals surface area contributed by atoms with Crippen molar-refractivity contribution in [2.24, 2.45) is 0 Å². The molecule has 0 aliphatic rings. The van der Waals surface area contributed by atoms with E-state index in [1.54, 1.807) is 6.92 Å². The summed E-state index contributed by atoms with van der Waals surface area (Å²) in [4.78, 5) is 27.5. The number of carbonyl (C=O) groups is 2. The third-order valence-corrected chi connectivity index (χ3v) is 6.59. The van der Waals surface area contributed by atoms with Gasteiger partial charge in [-0.2, -0.15) is 0 Å². The van der Waals surface area contributed by atoms with Crippen molar-refractivity contribution in [2.75, 3.05) is 23.7 Å². The molecule has 0 aromatic heterocycles. The highest BCUT2D eigenvalue weighted by Crippen LogP contribution is 2.19. The van der Waals surface area contributed by atoms with Crippen molar-refractivity contribution >= 4 is 27.5 Å². The second kappa shape index (κ2) is 11.8. The fourth-order valence-electron chi connectivity index (χ4n) is 3.26. The smallest absolute Gasteiger partial charge is 0.244 e. The zero-order valence-corrected chi connectivity index (χ0v) is 20.3. The molecule has 0 bridgehead atoms. The lowest BCUT2D eigenvalue weighted by Crippen LogP contribution is -2.53. The minimum absolute atomic E-state index is 0.0576. The third-order valence-electron chi connectivity index (χ3n) is 5.45. The number of nitrogens with one attached hydrogen (secondary N) is 1. The van der Waals surface area contributed by atoms with Crippen LogP contribution < -0.4 is 9.62 Å². The summed E-state index contributed by atoms with van der Waals surface area (Å²) < 4.78 is 39.1. The second-order valence-electron chi connectivity index (χ2n) is 8.06. The van der Waals surface area contributed by atoms with Gasteiger partial charge in [0.05, 0.1) is 11.9 Å². The summed E-state index contributed by atoms with van der Waals surface area (Å²) >= 11 is 0. The maximum atomic E-state index is 13.3. The van der Waals surface area contributed by atoms with Gasteiger partial charge in [-0.3, -0.25) is 13.9 Å². The van der Waals surface area contributed by atoms with Gasteiger partial charge in [0.15, 0.2) is 0 Å². The van der Waals surface area contributed by atoms with Crippen LogP contribution in [0.3, 0.4) is 0 Å². The highest BCUT2D eigenvalue weighted by atomic mass is 32.2.